The first-order valence-corrected chi connectivity index (χ1v) is 8.09. The van der Waals surface area contributed by atoms with E-state index in [1.165, 1.54) is 10.4 Å². The van der Waals surface area contributed by atoms with Crippen LogP contribution in [0.25, 0.3) is 0 Å². The van der Waals surface area contributed by atoms with Gasteiger partial charge in [0, 0.05) is 24.0 Å². The molecule has 3 heterocycles. The van der Waals surface area contributed by atoms with Crippen molar-refractivity contribution in [2.24, 2.45) is 0 Å². The number of hydrogen-bond donors (Lipinski definition) is 1. The van der Waals surface area contributed by atoms with Crippen LogP contribution >= 0.6 is 11.3 Å². The molecule has 1 aliphatic heterocycles. The van der Waals surface area contributed by atoms with Crippen molar-refractivity contribution in [1.82, 2.24) is 10.1 Å². The summed E-state index contributed by atoms with van der Waals surface area (Å²) in [6, 6.07) is 3.77. The fourth-order valence-electron chi connectivity index (χ4n) is 2.78. The molecule has 21 heavy (non-hydrogen) atoms. The molecule has 0 aromatic carbocycles. The number of rotatable bonds is 4. The summed E-state index contributed by atoms with van der Waals surface area (Å²) in [6.45, 7) is 5.63. The molecule has 2 aromatic heterocycles. The molecule has 0 radical (unpaired) electrons. The Bertz CT molecular complexity index is 634. The van der Waals surface area contributed by atoms with Crippen LogP contribution < -0.4 is 5.32 Å². The molecule has 0 saturated carbocycles. The maximum atomic E-state index is 12.5. The van der Waals surface area contributed by atoms with Gasteiger partial charge in [-0.2, -0.15) is 0 Å². The summed E-state index contributed by atoms with van der Waals surface area (Å²) in [4.78, 5) is 16.2. The van der Waals surface area contributed by atoms with Crippen molar-refractivity contribution in [2.75, 3.05) is 11.9 Å². The number of fused-ring (bicyclic) bond motifs is 1. The van der Waals surface area contributed by atoms with Gasteiger partial charge < -0.3 is 9.84 Å². The number of amides is 1. The van der Waals surface area contributed by atoms with Crippen LogP contribution in [0.5, 0.6) is 0 Å². The van der Waals surface area contributed by atoms with E-state index in [4.69, 9.17) is 4.52 Å². The molecule has 6 heteroatoms. The summed E-state index contributed by atoms with van der Waals surface area (Å²) < 4.78 is 4.98. The maximum absolute atomic E-state index is 12.5. The van der Waals surface area contributed by atoms with E-state index in [2.05, 4.69) is 26.8 Å². The number of carbonyl (C=O) groups excluding carboxylic acids is 1. The average molecular weight is 305 g/mol. The third kappa shape index (κ3) is 3.01. The number of nitrogens with one attached hydrogen (secondary N) is 1. The molecule has 1 N–H and O–H groups in total. The first-order valence-electron chi connectivity index (χ1n) is 7.21. The molecule has 1 amide bonds. The molecule has 112 valence electrons. The summed E-state index contributed by atoms with van der Waals surface area (Å²) in [5.74, 6) is 1.17. The van der Waals surface area contributed by atoms with Gasteiger partial charge in [-0.3, -0.25) is 9.69 Å². The van der Waals surface area contributed by atoms with Crippen molar-refractivity contribution in [3.8, 4) is 0 Å². The van der Waals surface area contributed by atoms with E-state index in [0.29, 0.717) is 11.6 Å². The second kappa shape index (κ2) is 5.99. The molecule has 0 saturated heterocycles. The molecule has 0 fully saturated rings. The topological polar surface area (TPSA) is 58.4 Å². The van der Waals surface area contributed by atoms with E-state index < -0.39 is 0 Å². The summed E-state index contributed by atoms with van der Waals surface area (Å²) in [7, 11) is 0. The Kier molecular flexibility index (Phi) is 4.07. The molecule has 1 atom stereocenters. The minimum Gasteiger partial charge on any atom is -0.360 e. The van der Waals surface area contributed by atoms with Crippen molar-refractivity contribution in [3.05, 3.63) is 33.7 Å². The molecule has 1 aliphatic rings. The van der Waals surface area contributed by atoms with E-state index in [-0.39, 0.29) is 11.9 Å². The quantitative estimate of drug-likeness (QED) is 0.943. The summed E-state index contributed by atoms with van der Waals surface area (Å²) in [5.41, 5.74) is 1.36. The minimum absolute atomic E-state index is 0.00974. The predicted molar refractivity (Wildman–Crippen MR) is 82.4 cm³/mol. The van der Waals surface area contributed by atoms with Crippen LogP contribution in [-0.4, -0.2) is 28.6 Å². The van der Waals surface area contributed by atoms with Crippen LogP contribution in [0.3, 0.4) is 0 Å². The monoisotopic (exact) mass is 305 g/mol. The van der Waals surface area contributed by atoms with Crippen LogP contribution in [0, 0.1) is 6.92 Å². The van der Waals surface area contributed by atoms with Gasteiger partial charge in [0.05, 0.1) is 6.04 Å². The first-order chi connectivity index (χ1) is 10.2. The van der Waals surface area contributed by atoms with E-state index >= 15 is 0 Å². The number of nitrogens with zero attached hydrogens (tertiary/aromatic N) is 2. The lowest BCUT2D eigenvalue weighted by atomic mass is 10.1. The molecule has 0 aliphatic carbocycles. The van der Waals surface area contributed by atoms with Gasteiger partial charge in [0.15, 0.2) is 5.82 Å². The number of carbonyl (C=O) groups is 1. The number of thiophene rings is 1. The van der Waals surface area contributed by atoms with Crippen molar-refractivity contribution in [3.63, 3.8) is 0 Å². The van der Waals surface area contributed by atoms with E-state index in [9.17, 15) is 4.79 Å². The zero-order valence-corrected chi connectivity index (χ0v) is 13.1. The fourth-order valence-corrected chi connectivity index (χ4v) is 3.67. The van der Waals surface area contributed by atoms with Gasteiger partial charge in [-0.25, -0.2) is 0 Å². The van der Waals surface area contributed by atoms with Gasteiger partial charge in [-0.15, -0.1) is 11.3 Å². The van der Waals surface area contributed by atoms with Gasteiger partial charge in [0.1, 0.15) is 5.76 Å². The molecule has 2 aromatic rings. The largest absolute Gasteiger partial charge is 0.360 e. The van der Waals surface area contributed by atoms with Gasteiger partial charge in [0.2, 0.25) is 5.91 Å². The van der Waals surface area contributed by atoms with E-state index in [0.717, 1.165) is 25.9 Å². The number of hydrogen-bond acceptors (Lipinski definition) is 5. The van der Waals surface area contributed by atoms with Gasteiger partial charge in [-0.05, 0) is 36.8 Å². The second-order valence-corrected chi connectivity index (χ2v) is 6.33. The third-order valence-electron chi connectivity index (χ3n) is 3.85. The van der Waals surface area contributed by atoms with Crippen LogP contribution in [0.1, 0.15) is 29.5 Å². The highest BCUT2D eigenvalue weighted by Crippen LogP contribution is 2.26. The zero-order chi connectivity index (χ0) is 14.8. The normalized spacial score (nSPS) is 16.5. The molecular weight excluding hydrogens is 286 g/mol. The van der Waals surface area contributed by atoms with E-state index in [1.807, 2.05) is 25.2 Å². The number of aromatic nitrogens is 1. The smallest absolute Gasteiger partial charge is 0.242 e. The van der Waals surface area contributed by atoms with Crippen LogP contribution in [0.4, 0.5) is 5.82 Å². The number of aryl methyl sites for hydroxylation is 1. The lowest BCUT2D eigenvalue weighted by Crippen LogP contribution is -2.45. The van der Waals surface area contributed by atoms with Crippen LogP contribution in [0.2, 0.25) is 0 Å². The Labute approximate surface area is 127 Å². The minimum atomic E-state index is -0.130. The Morgan fingerprint density at radius 1 is 1.62 bits per heavy atom. The van der Waals surface area contributed by atoms with Crippen molar-refractivity contribution in [2.45, 2.75) is 39.3 Å². The molecular formula is C15H19N3O2S. The predicted octanol–water partition coefficient (Wildman–Crippen LogP) is 2.82. The lowest BCUT2D eigenvalue weighted by Gasteiger charge is -2.32. The summed E-state index contributed by atoms with van der Waals surface area (Å²) in [5, 5.41) is 8.80. The van der Waals surface area contributed by atoms with E-state index in [1.54, 1.807) is 6.07 Å². The molecule has 0 bridgehead atoms. The highest BCUT2D eigenvalue weighted by atomic mass is 32.1. The van der Waals surface area contributed by atoms with Gasteiger partial charge >= 0.3 is 0 Å². The Morgan fingerprint density at radius 2 is 2.48 bits per heavy atom. The zero-order valence-electron chi connectivity index (χ0n) is 12.3. The standard InChI is InChI=1S/C15H19N3O2S/c1-3-12(15(19)16-14-8-10(2)20-17-14)18-6-4-13-11(9-18)5-7-21-13/h5,7-8,12H,3-4,6,9H2,1-2H3,(H,16,17,19)/t12-/m0/s1. The van der Waals surface area contributed by atoms with Crippen molar-refractivity contribution < 1.29 is 9.32 Å². The Balaban J connectivity index is 1.69. The summed E-state index contributed by atoms with van der Waals surface area (Å²) >= 11 is 1.81. The van der Waals surface area contributed by atoms with Crippen molar-refractivity contribution >= 4 is 23.1 Å². The van der Waals surface area contributed by atoms with Gasteiger partial charge in [-0.1, -0.05) is 12.1 Å². The molecule has 0 spiro atoms. The highest BCUT2D eigenvalue weighted by molar-refractivity contribution is 7.10. The highest BCUT2D eigenvalue weighted by Gasteiger charge is 2.28. The SMILES string of the molecule is CC[C@@H](C(=O)Nc1cc(C)on1)N1CCc2sccc2C1. The molecule has 0 unspecified atom stereocenters. The lowest BCUT2D eigenvalue weighted by molar-refractivity contribution is -0.121. The Morgan fingerprint density at radius 3 is 3.19 bits per heavy atom. The summed E-state index contributed by atoms with van der Waals surface area (Å²) in [6.07, 6.45) is 1.81. The number of anilines is 1. The van der Waals surface area contributed by atoms with Crippen molar-refractivity contribution in [1.29, 1.82) is 0 Å². The maximum Gasteiger partial charge on any atom is 0.242 e. The van der Waals surface area contributed by atoms with Crippen LogP contribution in [-0.2, 0) is 17.8 Å². The van der Waals surface area contributed by atoms with Gasteiger partial charge in [0.25, 0.3) is 0 Å². The molecule has 5 nitrogen and oxygen atoms in total. The average Bonchev–Trinajstić information content (AvgIpc) is 3.08. The Hall–Kier alpha value is -1.66. The van der Waals surface area contributed by atoms with Crippen LogP contribution in [0.15, 0.2) is 22.0 Å². The second-order valence-electron chi connectivity index (χ2n) is 5.33. The first kappa shape index (κ1) is 14.3. The fraction of sp³-hybridized carbons (Fsp3) is 0.467. The molecule has 3 rings (SSSR count). The third-order valence-corrected chi connectivity index (χ3v) is 4.87.